The Hall–Kier alpha value is -1.73. The first-order chi connectivity index (χ1) is 17.6. The number of hydrogen-bond acceptors (Lipinski definition) is 15. The molecule has 15 heteroatoms. The van der Waals surface area contributed by atoms with E-state index in [9.17, 15) is 45.6 Å². The van der Waals surface area contributed by atoms with Crippen LogP contribution in [0, 0.1) is 5.92 Å². The van der Waals surface area contributed by atoms with Gasteiger partial charge in [-0.2, -0.15) is 0 Å². The van der Waals surface area contributed by atoms with Gasteiger partial charge in [-0.1, -0.05) is 6.08 Å². The van der Waals surface area contributed by atoms with Crippen LogP contribution in [0.25, 0.3) is 0 Å². The number of esters is 1. The number of aliphatic hydroxyl groups excluding tert-OH is 7. The fourth-order valence-corrected chi connectivity index (χ4v) is 4.85. The number of fused-ring (bicyclic) bond motifs is 1. The van der Waals surface area contributed by atoms with Gasteiger partial charge in [0, 0.05) is 6.42 Å². The molecule has 4 rings (SSSR count). The number of aliphatic hydroxyl groups is 8. The van der Waals surface area contributed by atoms with Crippen LogP contribution in [0.15, 0.2) is 24.5 Å². The van der Waals surface area contributed by atoms with E-state index in [2.05, 4.69) is 6.58 Å². The lowest BCUT2D eigenvalue weighted by Crippen LogP contribution is -2.65. The standard InChI is InChI=1S/C22H32O15/c1-2-8-19(33-7-9-18(30)32-4-3-22(8,9)31)37-21-16(29)17(13(26)11(6-24)35-21)36-20-15(28)14(27)12(25)10(5-23)34-20/h2,7-8,10-17,19-21,23-29,31H,1,3-6H2. The van der Waals surface area contributed by atoms with Crippen LogP contribution in [0.5, 0.6) is 0 Å². The minimum atomic E-state index is -1.83. The van der Waals surface area contributed by atoms with Gasteiger partial charge >= 0.3 is 5.97 Å². The van der Waals surface area contributed by atoms with Crippen molar-refractivity contribution in [2.45, 2.75) is 79.7 Å². The Kier molecular flexibility index (Phi) is 8.54. The molecule has 37 heavy (non-hydrogen) atoms. The molecule has 0 aromatic carbocycles. The summed E-state index contributed by atoms with van der Waals surface area (Å²) in [6.45, 7) is 2.11. The van der Waals surface area contributed by atoms with E-state index in [1.54, 1.807) is 0 Å². The maximum Gasteiger partial charge on any atom is 0.340 e. The fraction of sp³-hybridized carbons (Fsp3) is 0.773. The predicted octanol–water partition coefficient (Wildman–Crippen LogP) is -4.65. The van der Waals surface area contributed by atoms with Crippen LogP contribution >= 0.6 is 0 Å². The summed E-state index contributed by atoms with van der Waals surface area (Å²) in [5.41, 5.74) is -1.89. The molecule has 210 valence electrons. The molecule has 0 saturated carbocycles. The Bertz CT molecular complexity index is 865. The van der Waals surface area contributed by atoms with Crippen LogP contribution in [-0.4, -0.2) is 140 Å². The summed E-state index contributed by atoms with van der Waals surface area (Å²) in [5, 5.41) is 82.1. The Labute approximate surface area is 210 Å². The van der Waals surface area contributed by atoms with Gasteiger partial charge in [-0.15, -0.1) is 6.58 Å². The van der Waals surface area contributed by atoms with Crippen LogP contribution in [-0.2, 0) is 33.2 Å². The Balaban J connectivity index is 1.53. The maximum absolute atomic E-state index is 12.1. The quantitative estimate of drug-likeness (QED) is 0.113. The van der Waals surface area contributed by atoms with Gasteiger partial charge in [-0.25, -0.2) is 4.79 Å². The summed E-state index contributed by atoms with van der Waals surface area (Å²) >= 11 is 0. The molecule has 13 unspecified atom stereocenters. The monoisotopic (exact) mass is 536 g/mol. The molecule has 4 aliphatic heterocycles. The molecular weight excluding hydrogens is 504 g/mol. The van der Waals surface area contributed by atoms with Crippen LogP contribution in [0.3, 0.4) is 0 Å². The summed E-state index contributed by atoms with van der Waals surface area (Å²) in [5.74, 6) is -1.80. The van der Waals surface area contributed by atoms with Crippen molar-refractivity contribution in [3.05, 3.63) is 24.5 Å². The van der Waals surface area contributed by atoms with Gasteiger partial charge < -0.3 is 69.3 Å². The van der Waals surface area contributed by atoms with E-state index in [1.807, 2.05) is 0 Å². The third kappa shape index (κ3) is 5.03. The lowest BCUT2D eigenvalue weighted by atomic mass is 9.76. The molecule has 0 spiro atoms. The molecular formula is C22H32O15. The Morgan fingerprint density at radius 3 is 2.16 bits per heavy atom. The van der Waals surface area contributed by atoms with Crippen molar-refractivity contribution >= 4 is 5.97 Å². The van der Waals surface area contributed by atoms with Gasteiger partial charge in [-0.05, 0) is 0 Å². The highest BCUT2D eigenvalue weighted by Crippen LogP contribution is 2.42. The molecule has 0 radical (unpaired) electrons. The van der Waals surface area contributed by atoms with E-state index in [0.29, 0.717) is 0 Å². The fourth-order valence-electron chi connectivity index (χ4n) is 4.85. The van der Waals surface area contributed by atoms with E-state index in [1.165, 1.54) is 6.08 Å². The number of carbonyl (C=O) groups is 1. The molecule has 4 heterocycles. The van der Waals surface area contributed by atoms with Gasteiger partial charge in [0.2, 0.25) is 6.29 Å². The van der Waals surface area contributed by atoms with Crippen molar-refractivity contribution < 1.29 is 74.1 Å². The second-order valence-electron chi connectivity index (χ2n) is 9.25. The summed E-state index contributed by atoms with van der Waals surface area (Å²) in [6, 6.07) is 0. The lowest BCUT2D eigenvalue weighted by molar-refractivity contribution is -0.376. The summed E-state index contributed by atoms with van der Waals surface area (Å²) in [6.07, 6.45) is -15.5. The zero-order valence-electron chi connectivity index (χ0n) is 19.6. The topological polar surface area (TPSA) is 234 Å². The van der Waals surface area contributed by atoms with E-state index in [-0.39, 0.29) is 18.6 Å². The molecule has 8 N–H and O–H groups in total. The van der Waals surface area contributed by atoms with Crippen molar-refractivity contribution in [3.8, 4) is 0 Å². The van der Waals surface area contributed by atoms with Gasteiger partial charge in [-0.3, -0.25) is 0 Å². The van der Waals surface area contributed by atoms with Crippen molar-refractivity contribution in [1.82, 2.24) is 0 Å². The summed E-state index contributed by atoms with van der Waals surface area (Å²) < 4.78 is 32.4. The smallest absolute Gasteiger partial charge is 0.340 e. The summed E-state index contributed by atoms with van der Waals surface area (Å²) in [4.78, 5) is 12.1. The molecule has 0 aliphatic carbocycles. The van der Waals surface area contributed by atoms with E-state index in [0.717, 1.165) is 6.26 Å². The number of hydrogen-bond donors (Lipinski definition) is 8. The summed E-state index contributed by atoms with van der Waals surface area (Å²) in [7, 11) is 0. The average Bonchev–Trinajstić information content (AvgIpc) is 2.87. The number of cyclic esters (lactones) is 1. The van der Waals surface area contributed by atoms with Crippen LogP contribution < -0.4 is 0 Å². The van der Waals surface area contributed by atoms with Gasteiger partial charge in [0.05, 0.1) is 32.0 Å². The molecule has 0 bridgehead atoms. The molecule has 3 saturated heterocycles. The number of rotatable bonds is 7. The molecule has 15 nitrogen and oxygen atoms in total. The highest BCUT2D eigenvalue weighted by atomic mass is 16.8. The molecule has 0 aromatic rings. The minimum Gasteiger partial charge on any atom is -0.471 e. The predicted molar refractivity (Wildman–Crippen MR) is 115 cm³/mol. The molecule has 13 atom stereocenters. The third-order valence-corrected chi connectivity index (χ3v) is 7.05. The largest absolute Gasteiger partial charge is 0.471 e. The Morgan fingerprint density at radius 2 is 1.54 bits per heavy atom. The van der Waals surface area contributed by atoms with Crippen molar-refractivity contribution in [2.75, 3.05) is 19.8 Å². The van der Waals surface area contributed by atoms with Crippen molar-refractivity contribution in [3.63, 3.8) is 0 Å². The normalized spacial score (nSPS) is 48.3. The average molecular weight is 536 g/mol. The van der Waals surface area contributed by atoms with Gasteiger partial charge in [0.15, 0.2) is 12.6 Å². The second kappa shape index (κ2) is 11.2. The highest BCUT2D eigenvalue weighted by Gasteiger charge is 2.55. The van der Waals surface area contributed by atoms with E-state index < -0.39 is 98.4 Å². The minimum absolute atomic E-state index is 0.0133. The second-order valence-corrected chi connectivity index (χ2v) is 9.25. The van der Waals surface area contributed by atoms with Gasteiger partial charge in [0.1, 0.15) is 60.0 Å². The molecule has 0 aromatic heterocycles. The first kappa shape index (κ1) is 28.3. The van der Waals surface area contributed by atoms with Crippen LogP contribution in [0.1, 0.15) is 6.42 Å². The molecule has 0 amide bonds. The zero-order valence-corrected chi connectivity index (χ0v) is 19.6. The van der Waals surface area contributed by atoms with Crippen molar-refractivity contribution in [1.29, 1.82) is 0 Å². The zero-order chi connectivity index (χ0) is 27.1. The van der Waals surface area contributed by atoms with Crippen LogP contribution in [0.2, 0.25) is 0 Å². The van der Waals surface area contributed by atoms with Gasteiger partial charge in [0.25, 0.3) is 0 Å². The maximum atomic E-state index is 12.1. The van der Waals surface area contributed by atoms with Crippen LogP contribution in [0.4, 0.5) is 0 Å². The van der Waals surface area contributed by atoms with Crippen molar-refractivity contribution in [2.24, 2.45) is 5.92 Å². The number of ether oxygens (including phenoxy) is 6. The van der Waals surface area contributed by atoms with E-state index >= 15 is 0 Å². The molecule has 3 fully saturated rings. The highest BCUT2D eigenvalue weighted by molar-refractivity contribution is 5.91. The SMILES string of the molecule is C=CC1C(OC2OC(CO)C(O)C(OC3OC(CO)C(O)C(O)C3O)C2O)OC=C2C(=O)OCCC21O. The molecule has 4 aliphatic rings. The lowest BCUT2D eigenvalue weighted by Gasteiger charge is -2.48. The first-order valence-corrected chi connectivity index (χ1v) is 11.7. The number of carbonyl (C=O) groups excluding carboxylic acids is 1. The van der Waals surface area contributed by atoms with E-state index in [4.69, 9.17) is 28.4 Å². The first-order valence-electron chi connectivity index (χ1n) is 11.7. The third-order valence-electron chi connectivity index (χ3n) is 7.05. The Morgan fingerprint density at radius 1 is 0.919 bits per heavy atom.